The Bertz CT molecular complexity index is 656. The van der Waals surface area contributed by atoms with Gasteiger partial charge in [0.2, 0.25) is 0 Å². The monoisotopic (exact) mass is 302 g/mol. The first-order valence-corrected chi connectivity index (χ1v) is 6.60. The van der Waals surface area contributed by atoms with Gasteiger partial charge in [-0.25, -0.2) is 0 Å². The highest BCUT2D eigenvalue weighted by Crippen LogP contribution is 2.19. The van der Waals surface area contributed by atoms with Crippen molar-refractivity contribution in [2.75, 3.05) is 5.32 Å². The molecule has 0 spiro atoms. The Labute approximate surface area is 127 Å². The van der Waals surface area contributed by atoms with Crippen LogP contribution in [0, 0.1) is 6.61 Å². The fourth-order valence-corrected chi connectivity index (χ4v) is 1.87. The van der Waals surface area contributed by atoms with Crippen molar-refractivity contribution in [1.29, 1.82) is 0 Å². The molecule has 0 saturated carbocycles. The van der Waals surface area contributed by atoms with Gasteiger partial charge < -0.3 is 10.1 Å². The number of rotatable bonds is 4. The molecule has 4 nitrogen and oxygen atoms in total. The van der Waals surface area contributed by atoms with E-state index in [9.17, 15) is 9.59 Å². The van der Waals surface area contributed by atoms with E-state index in [-0.39, 0.29) is 5.91 Å². The van der Waals surface area contributed by atoms with Crippen LogP contribution in [-0.4, -0.2) is 11.9 Å². The van der Waals surface area contributed by atoms with Crippen molar-refractivity contribution in [3.05, 3.63) is 71.3 Å². The van der Waals surface area contributed by atoms with Crippen LogP contribution in [0.5, 0.6) is 0 Å². The van der Waals surface area contributed by atoms with Crippen LogP contribution < -0.4 is 5.32 Å². The number of carbonyl (C=O) groups is 2. The summed E-state index contributed by atoms with van der Waals surface area (Å²) in [5, 5.41) is 3.18. The van der Waals surface area contributed by atoms with Crippen LogP contribution in [0.2, 0.25) is 5.02 Å². The Balaban J connectivity index is 2.22. The summed E-state index contributed by atoms with van der Waals surface area (Å²) in [6.45, 7) is 2.52. The maximum absolute atomic E-state index is 12.3. The van der Waals surface area contributed by atoms with E-state index in [0.29, 0.717) is 21.8 Å². The Morgan fingerprint density at radius 2 is 1.86 bits per heavy atom. The lowest BCUT2D eigenvalue weighted by atomic mass is 10.1. The molecular weight excluding hydrogens is 290 g/mol. The summed E-state index contributed by atoms with van der Waals surface area (Å²) in [5.74, 6) is -0.790. The van der Waals surface area contributed by atoms with Gasteiger partial charge in [-0.2, -0.15) is 0 Å². The van der Waals surface area contributed by atoms with E-state index < -0.39 is 5.97 Å². The molecule has 0 aliphatic carbocycles. The summed E-state index contributed by atoms with van der Waals surface area (Å²) in [5.41, 5.74) is 1.47. The third kappa shape index (κ3) is 4.33. The van der Waals surface area contributed by atoms with Crippen LogP contribution in [0.25, 0.3) is 0 Å². The number of para-hydroxylation sites is 1. The van der Waals surface area contributed by atoms with Gasteiger partial charge in [-0.15, -0.1) is 0 Å². The predicted molar refractivity (Wildman–Crippen MR) is 81.0 cm³/mol. The summed E-state index contributed by atoms with van der Waals surface area (Å²) in [7, 11) is 0. The van der Waals surface area contributed by atoms with Gasteiger partial charge in [0, 0.05) is 28.8 Å². The van der Waals surface area contributed by atoms with Gasteiger partial charge in [0.05, 0.1) is 0 Å². The Morgan fingerprint density at radius 3 is 2.52 bits per heavy atom. The SMILES string of the molecule is CC(=O)O[CH]c1ccc(Cl)cc1C(=O)Nc1ccccc1. The molecule has 1 radical (unpaired) electrons. The molecule has 2 rings (SSSR count). The zero-order valence-corrected chi connectivity index (χ0v) is 12.1. The molecule has 0 saturated heterocycles. The van der Waals surface area contributed by atoms with E-state index in [1.54, 1.807) is 24.3 Å². The van der Waals surface area contributed by atoms with Gasteiger partial charge in [-0.05, 0) is 24.3 Å². The van der Waals surface area contributed by atoms with Crippen LogP contribution in [-0.2, 0) is 9.53 Å². The molecule has 0 atom stereocenters. The Morgan fingerprint density at radius 1 is 1.14 bits per heavy atom. The largest absolute Gasteiger partial charge is 0.453 e. The summed E-state index contributed by atoms with van der Waals surface area (Å²) in [6, 6.07) is 13.8. The van der Waals surface area contributed by atoms with Gasteiger partial charge in [0.1, 0.15) is 0 Å². The van der Waals surface area contributed by atoms with E-state index >= 15 is 0 Å². The number of esters is 1. The molecule has 0 bridgehead atoms. The van der Waals surface area contributed by atoms with Crippen LogP contribution in [0.15, 0.2) is 48.5 Å². The lowest BCUT2D eigenvalue weighted by molar-refractivity contribution is -0.137. The molecular formula is C16H13ClNO3. The fourth-order valence-electron chi connectivity index (χ4n) is 1.69. The molecule has 0 aromatic heterocycles. The van der Waals surface area contributed by atoms with Gasteiger partial charge in [0.15, 0.2) is 6.61 Å². The third-order valence-corrected chi connectivity index (χ3v) is 2.88. The number of anilines is 1. The standard InChI is InChI=1S/C16H13ClNO3/c1-11(19)21-10-12-7-8-13(17)9-15(12)16(20)18-14-5-3-2-4-6-14/h2-10H,1H3,(H,18,20). The number of nitrogens with one attached hydrogen (secondary N) is 1. The Hall–Kier alpha value is -2.33. The molecule has 1 N–H and O–H groups in total. The van der Waals surface area contributed by atoms with E-state index in [0.717, 1.165) is 0 Å². The molecule has 0 aliphatic heterocycles. The van der Waals surface area contributed by atoms with Gasteiger partial charge in [-0.1, -0.05) is 35.9 Å². The van der Waals surface area contributed by atoms with Crippen LogP contribution in [0.1, 0.15) is 22.8 Å². The van der Waals surface area contributed by atoms with Crippen molar-refractivity contribution in [3.8, 4) is 0 Å². The summed E-state index contributed by atoms with van der Waals surface area (Å²) in [4.78, 5) is 23.2. The van der Waals surface area contributed by atoms with Gasteiger partial charge in [-0.3, -0.25) is 9.59 Å². The highest BCUT2D eigenvalue weighted by molar-refractivity contribution is 6.31. The molecule has 0 unspecified atom stereocenters. The van der Waals surface area contributed by atoms with Crippen molar-refractivity contribution in [1.82, 2.24) is 0 Å². The maximum Gasteiger partial charge on any atom is 0.303 e. The second kappa shape index (κ2) is 6.90. The van der Waals surface area contributed by atoms with E-state index in [1.165, 1.54) is 19.6 Å². The molecule has 5 heteroatoms. The lowest BCUT2D eigenvalue weighted by Crippen LogP contribution is -2.14. The molecule has 0 heterocycles. The van der Waals surface area contributed by atoms with Crippen molar-refractivity contribution in [2.24, 2.45) is 0 Å². The van der Waals surface area contributed by atoms with Crippen molar-refractivity contribution in [3.63, 3.8) is 0 Å². The summed E-state index contributed by atoms with van der Waals surface area (Å²) in [6.07, 6.45) is 0. The van der Waals surface area contributed by atoms with Gasteiger partial charge in [0.25, 0.3) is 5.91 Å². The number of hydrogen-bond donors (Lipinski definition) is 1. The smallest absolute Gasteiger partial charge is 0.303 e. The third-order valence-electron chi connectivity index (χ3n) is 2.64. The van der Waals surface area contributed by atoms with Crippen LogP contribution in [0.4, 0.5) is 5.69 Å². The van der Waals surface area contributed by atoms with Gasteiger partial charge >= 0.3 is 5.97 Å². The first-order valence-electron chi connectivity index (χ1n) is 6.22. The van der Waals surface area contributed by atoms with Crippen molar-refractivity contribution < 1.29 is 14.3 Å². The number of amides is 1. The average Bonchev–Trinajstić information content (AvgIpc) is 2.46. The molecule has 107 valence electrons. The topological polar surface area (TPSA) is 55.4 Å². The zero-order chi connectivity index (χ0) is 15.2. The molecule has 1 amide bonds. The lowest BCUT2D eigenvalue weighted by Gasteiger charge is -2.10. The van der Waals surface area contributed by atoms with E-state index in [4.69, 9.17) is 16.3 Å². The minimum atomic E-state index is -0.459. The number of carbonyl (C=O) groups excluding carboxylic acids is 2. The normalized spacial score (nSPS) is 10.0. The quantitative estimate of drug-likeness (QED) is 0.877. The fraction of sp³-hybridized carbons (Fsp3) is 0.0625. The second-order valence-electron chi connectivity index (χ2n) is 4.28. The van der Waals surface area contributed by atoms with Crippen molar-refractivity contribution in [2.45, 2.75) is 6.92 Å². The highest BCUT2D eigenvalue weighted by Gasteiger charge is 2.14. The number of benzene rings is 2. The predicted octanol–water partition coefficient (Wildman–Crippen LogP) is 3.67. The summed E-state index contributed by atoms with van der Waals surface area (Å²) >= 11 is 5.92. The first kappa shape index (κ1) is 15.1. The second-order valence-corrected chi connectivity index (χ2v) is 4.72. The first-order chi connectivity index (χ1) is 10.1. The minimum absolute atomic E-state index is 0.326. The maximum atomic E-state index is 12.3. The Kier molecular flexibility index (Phi) is 4.95. The van der Waals surface area contributed by atoms with Crippen LogP contribution in [0.3, 0.4) is 0 Å². The molecule has 0 fully saturated rings. The molecule has 2 aromatic carbocycles. The summed E-state index contributed by atoms with van der Waals surface area (Å²) < 4.78 is 4.82. The number of halogens is 1. The number of ether oxygens (including phenoxy) is 1. The zero-order valence-electron chi connectivity index (χ0n) is 11.3. The highest BCUT2D eigenvalue weighted by atomic mass is 35.5. The van der Waals surface area contributed by atoms with Crippen LogP contribution >= 0.6 is 11.6 Å². The van der Waals surface area contributed by atoms with E-state index in [1.807, 2.05) is 18.2 Å². The molecule has 2 aromatic rings. The molecule has 21 heavy (non-hydrogen) atoms. The minimum Gasteiger partial charge on any atom is -0.453 e. The average molecular weight is 303 g/mol. The van der Waals surface area contributed by atoms with Crippen molar-refractivity contribution >= 4 is 29.2 Å². The molecule has 0 aliphatic rings. The number of hydrogen-bond acceptors (Lipinski definition) is 3. The van der Waals surface area contributed by atoms with E-state index in [2.05, 4.69) is 5.32 Å².